The van der Waals surface area contributed by atoms with E-state index in [2.05, 4.69) is 16.9 Å². The van der Waals surface area contributed by atoms with Crippen LogP contribution < -0.4 is 10.6 Å². The van der Waals surface area contributed by atoms with Gasteiger partial charge in [-0.15, -0.1) is 0 Å². The van der Waals surface area contributed by atoms with Gasteiger partial charge in [-0.2, -0.15) is 0 Å². The molecule has 2 N–H and O–H groups in total. The molecule has 5 nitrogen and oxygen atoms in total. The van der Waals surface area contributed by atoms with Gasteiger partial charge in [-0.1, -0.05) is 18.5 Å². The minimum absolute atomic E-state index is 0.103. The number of aromatic nitrogens is 2. The number of nitrogens with two attached hydrogens (primary N) is 1. The Hall–Kier alpha value is -1.36. The predicted molar refractivity (Wildman–Crippen MR) is 77.5 cm³/mol. The summed E-state index contributed by atoms with van der Waals surface area (Å²) >= 11 is 6.15. The number of nitrogens with zero attached hydrogens (tertiary/aromatic N) is 3. The van der Waals surface area contributed by atoms with Crippen LogP contribution in [0.2, 0.25) is 5.15 Å². The number of hydrogen-bond donors (Lipinski definition) is 1. The number of carbonyl (C=O) groups excluding carboxylic acids is 1. The maximum absolute atomic E-state index is 11.2. The van der Waals surface area contributed by atoms with Crippen molar-refractivity contribution in [3.05, 3.63) is 16.5 Å². The third-order valence-electron chi connectivity index (χ3n) is 2.80. The van der Waals surface area contributed by atoms with Crippen molar-refractivity contribution in [2.24, 2.45) is 5.73 Å². The van der Waals surface area contributed by atoms with Gasteiger partial charge < -0.3 is 10.6 Å². The molecule has 0 fully saturated rings. The van der Waals surface area contributed by atoms with Gasteiger partial charge in [0.2, 0.25) is 5.91 Å². The van der Waals surface area contributed by atoms with Gasteiger partial charge >= 0.3 is 0 Å². The van der Waals surface area contributed by atoms with E-state index in [0.717, 1.165) is 18.4 Å². The first kappa shape index (κ1) is 15.7. The maximum Gasteiger partial charge on any atom is 0.237 e. The Kier molecular flexibility index (Phi) is 5.54. The van der Waals surface area contributed by atoms with E-state index in [0.29, 0.717) is 16.8 Å². The highest BCUT2D eigenvalue weighted by atomic mass is 35.5. The van der Waals surface area contributed by atoms with Gasteiger partial charge in [0.1, 0.15) is 16.8 Å². The van der Waals surface area contributed by atoms with Crippen LogP contribution in [0.25, 0.3) is 0 Å². The van der Waals surface area contributed by atoms with Crippen molar-refractivity contribution in [1.82, 2.24) is 9.97 Å². The zero-order chi connectivity index (χ0) is 14.6. The Balaban J connectivity index is 3.23. The molecular formula is C13H21ClN4O. The van der Waals surface area contributed by atoms with Crippen molar-refractivity contribution in [3.63, 3.8) is 0 Å². The molecular weight excluding hydrogens is 264 g/mol. The normalized spacial score (nSPS) is 10.8. The second-order valence-electron chi connectivity index (χ2n) is 4.82. The molecule has 0 atom stereocenters. The van der Waals surface area contributed by atoms with Crippen LogP contribution in [-0.4, -0.2) is 28.5 Å². The van der Waals surface area contributed by atoms with Crippen molar-refractivity contribution in [2.45, 2.75) is 46.6 Å². The zero-order valence-electron chi connectivity index (χ0n) is 11.9. The number of carbonyl (C=O) groups is 1. The van der Waals surface area contributed by atoms with E-state index in [1.54, 1.807) is 0 Å². The fourth-order valence-electron chi connectivity index (χ4n) is 1.81. The standard InChI is InChI=1S/C13H21ClN4O/c1-5-6-11-16-12(14)9(4)13(17-11)18(8(2)3)7-10(15)19/h8H,5-7H2,1-4H3,(H2,15,19). The molecule has 1 aromatic heterocycles. The largest absolute Gasteiger partial charge is 0.368 e. The number of halogens is 1. The molecule has 0 aliphatic carbocycles. The van der Waals surface area contributed by atoms with Gasteiger partial charge in [-0.05, 0) is 27.2 Å². The Morgan fingerprint density at radius 2 is 2.05 bits per heavy atom. The third kappa shape index (κ3) is 4.06. The Morgan fingerprint density at radius 1 is 1.42 bits per heavy atom. The van der Waals surface area contributed by atoms with Crippen LogP contribution in [0.15, 0.2) is 0 Å². The minimum Gasteiger partial charge on any atom is -0.368 e. The molecule has 19 heavy (non-hydrogen) atoms. The second-order valence-corrected chi connectivity index (χ2v) is 5.18. The molecule has 6 heteroatoms. The number of anilines is 1. The van der Waals surface area contributed by atoms with Crippen molar-refractivity contribution in [2.75, 3.05) is 11.4 Å². The molecule has 0 saturated carbocycles. The van der Waals surface area contributed by atoms with Crippen molar-refractivity contribution < 1.29 is 4.79 Å². The molecule has 1 aromatic rings. The number of hydrogen-bond acceptors (Lipinski definition) is 4. The van der Waals surface area contributed by atoms with Crippen molar-refractivity contribution in [1.29, 1.82) is 0 Å². The second kappa shape index (κ2) is 6.70. The average Bonchev–Trinajstić information content (AvgIpc) is 2.30. The van der Waals surface area contributed by atoms with E-state index in [-0.39, 0.29) is 18.5 Å². The summed E-state index contributed by atoms with van der Waals surface area (Å²) in [5.74, 6) is 1.00. The first-order chi connectivity index (χ1) is 8.86. The molecule has 1 amide bonds. The smallest absolute Gasteiger partial charge is 0.237 e. The molecule has 0 bridgehead atoms. The van der Waals surface area contributed by atoms with Gasteiger partial charge in [-0.25, -0.2) is 9.97 Å². The predicted octanol–water partition coefficient (Wildman–Crippen LogP) is 2.09. The van der Waals surface area contributed by atoms with Crippen LogP contribution in [0.1, 0.15) is 38.6 Å². The average molecular weight is 285 g/mol. The molecule has 0 radical (unpaired) electrons. The number of rotatable bonds is 6. The number of aryl methyl sites for hydroxylation is 1. The number of amides is 1. The third-order valence-corrected chi connectivity index (χ3v) is 3.17. The molecule has 0 unspecified atom stereocenters. The lowest BCUT2D eigenvalue weighted by atomic mass is 10.2. The summed E-state index contributed by atoms with van der Waals surface area (Å²) < 4.78 is 0. The van der Waals surface area contributed by atoms with Crippen LogP contribution in [0.5, 0.6) is 0 Å². The molecule has 0 spiro atoms. The quantitative estimate of drug-likeness (QED) is 0.812. The lowest BCUT2D eigenvalue weighted by Crippen LogP contribution is -2.39. The molecule has 0 aromatic carbocycles. The van der Waals surface area contributed by atoms with Crippen LogP contribution in [0, 0.1) is 6.92 Å². The fraction of sp³-hybridized carbons (Fsp3) is 0.615. The maximum atomic E-state index is 11.2. The molecule has 1 rings (SSSR count). The Bertz CT molecular complexity index is 462. The summed E-state index contributed by atoms with van der Waals surface area (Å²) in [6.07, 6.45) is 1.70. The summed E-state index contributed by atoms with van der Waals surface area (Å²) in [5.41, 5.74) is 6.07. The van der Waals surface area contributed by atoms with Gasteiger partial charge in [0, 0.05) is 18.0 Å². The Labute approximate surface area is 119 Å². The van der Waals surface area contributed by atoms with E-state index in [4.69, 9.17) is 17.3 Å². The highest BCUT2D eigenvalue weighted by Gasteiger charge is 2.19. The van der Waals surface area contributed by atoms with Crippen LogP contribution >= 0.6 is 11.6 Å². The van der Waals surface area contributed by atoms with Gasteiger partial charge in [0.05, 0.1) is 6.54 Å². The minimum atomic E-state index is -0.389. The molecule has 0 aliphatic rings. The monoisotopic (exact) mass is 284 g/mol. The van der Waals surface area contributed by atoms with E-state index in [1.807, 2.05) is 25.7 Å². The summed E-state index contributed by atoms with van der Waals surface area (Å²) in [6.45, 7) is 8.00. The van der Waals surface area contributed by atoms with Gasteiger partial charge in [0.15, 0.2) is 0 Å². The molecule has 1 heterocycles. The topological polar surface area (TPSA) is 72.1 Å². The molecule has 0 aliphatic heterocycles. The van der Waals surface area contributed by atoms with Crippen LogP contribution in [0.4, 0.5) is 5.82 Å². The summed E-state index contributed by atoms with van der Waals surface area (Å²) in [5, 5.41) is 0.434. The lowest BCUT2D eigenvalue weighted by Gasteiger charge is -2.28. The SMILES string of the molecule is CCCc1nc(Cl)c(C)c(N(CC(N)=O)C(C)C)n1. The highest BCUT2D eigenvalue weighted by Crippen LogP contribution is 2.25. The van der Waals surface area contributed by atoms with E-state index < -0.39 is 0 Å². The first-order valence-corrected chi connectivity index (χ1v) is 6.82. The first-order valence-electron chi connectivity index (χ1n) is 6.44. The van der Waals surface area contributed by atoms with Gasteiger partial charge in [-0.3, -0.25) is 4.79 Å². The summed E-state index contributed by atoms with van der Waals surface area (Å²) in [6, 6.07) is 0.103. The van der Waals surface area contributed by atoms with Gasteiger partial charge in [0.25, 0.3) is 0 Å². The van der Waals surface area contributed by atoms with Crippen molar-refractivity contribution >= 4 is 23.3 Å². The summed E-state index contributed by atoms with van der Waals surface area (Å²) in [4.78, 5) is 21.8. The number of primary amides is 1. The highest BCUT2D eigenvalue weighted by molar-refractivity contribution is 6.30. The fourth-order valence-corrected chi connectivity index (χ4v) is 1.99. The van der Waals surface area contributed by atoms with E-state index >= 15 is 0 Å². The van der Waals surface area contributed by atoms with Crippen LogP contribution in [0.3, 0.4) is 0 Å². The van der Waals surface area contributed by atoms with E-state index in [1.165, 1.54) is 0 Å². The molecule has 0 saturated heterocycles. The zero-order valence-corrected chi connectivity index (χ0v) is 12.7. The van der Waals surface area contributed by atoms with Crippen LogP contribution in [-0.2, 0) is 11.2 Å². The Morgan fingerprint density at radius 3 is 2.53 bits per heavy atom. The van der Waals surface area contributed by atoms with E-state index in [9.17, 15) is 4.79 Å². The summed E-state index contributed by atoms with van der Waals surface area (Å²) in [7, 11) is 0. The lowest BCUT2D eigenvalue weighted by molar-refractivity contribution is -0.116. The molecule has 106 valence electrons. The van der Waals surface area contributed by atoms with Crippen molar-refractivity contribution in [3.8, 4) is 0 Å².